The summed E-state index contributed by atoms with van der Waals surface area (Å²) < 4.78 is 0. The Labute approximate surface area is 87.3 Å². The van der Waals surface area contributed by atoms with Crippen molar-refractivity contribution in [2.24, 2.45) is 0 Å². The molecule has 0 bridgehead atoms. The van der Waals surface area contributed by atoms with Gasteiger partial charge >= 0.3 is 5.97 Å². The van der Waals surface area contributed by atoms with Crippen LogP contribution in [0.2, 0.25) is 0 Å². The SMILES string of the molecule is C/C(=C\c1ccc(C#N)c(N)c1)C(=O)O. The van der Waals surface area contributed by atoms with Crippen LogP contribution in [-0.2, 0) is 4.79 Å². The van der Waals surface area contributed by atoms with E-state index in [4.69, 9.17) is 16.1 Å². The molecule has 1 aromatic carbocycles. The van der Waals surface area contributed by atoms with Gasteiger partial charge in [-0.2, -0.15) is 5.26 Å². The number of carbonyl (C=O) groups is 1. The number of carboxylic acids is 1. The minimum Gasteiger partial charge on any atom is -0.478 e. The first kappa shape index (κ1) is 10.8. The zero-order valence-corrected chi connectivity index (χ0v) is 8.19. The van der Waals surface area contributed by atoms with Gasteiger partial charge in [-0.15, -0.1) is 0 Å². The summed E-state index contributed by atoms with van der Waals surface area (Å²) in [5, 5.41) is 17.3. The average Bonchev–Trinajstić information content (AvgIpc) is 2.18. The number of anilines is 1. The van der Waals surface area contributed by atoms with Crippen molar-refractivity contribution in [2.45, 2.75) is 6.92 Å². The van der Waals surface area contributed by atoms with Crippen molar-refractivity contribution in [3.8, 4) is 6.07 Å². The Morgan fingerprint density at radius 1 is 1.60 bits per heavy atom. The third kappa shape index (κ3) is 2.58. The molecule has 0 atom stereocenters. The number of nitrogen functional groups attached to an aromatic ring is 1. The van der Waals surface area contributed by atoms with Gasteiger partial charge in [0.05, 0.1) is 11.3 Å². The molecule has 0 heterocycles. The van der Waals surface area contributed by atoms with Crippen molar-refractivity contribution in [3.05, 3.63) is 34.9 Å². The molecule has 0 spiro atoms. The lowest BCUT2D eigenvalue weighted by Crippen LogP contribution is -1.96. The summed E-state index contributed by atoms with van der Waals surface area (Å²) in [6, 6.07) is 6.73. The second-order valence-corrected chi connectivity index (χ2v) is 3.09. The van der Waals surface area contributed by atoms with Crippen LogP contribution in [0, 0.1) is 11.3 Å². The van der Waals surface area contributed by atoms with E-state index in [1.165, 1.54) is 13.0 Å². The van der Waals surface area contributed by atoms with Gasteiger partial charge in [0, 0.05) is 5.57 Å². The molecule has 3 N–H and O–H groups in total. The Morgan fingerprint density at radius 2 is 2.27 bits per heavy atom. The maximum atomic E-state index is 10.6. The molecule has 4 nitrogen and oxygen atoms in total. The minimum atomic E-state index is -0.974. The molecule has 15 heavy (non-hydrogen) atoms. The van der Waals surface area contributed by atoms with Gasteiger partial charge in [0.25, 0.3) is 0 Å². The van der Waals surface area contributed by atoms with Gasteiger partial charge in [0.15, 0.2) is 0 Å². The fraction of sp³-hybridized carbons (Fsp3) is 0.0909. The van der Waals surface area contributed by atoms with Gasteiger partial charge in [-0.3, -0.25) is 0 Å². The number of benzene rings is 1. The summed E-state index contributed by atoms with van der Waals surface area (Å²) in [6.07, 6.45) is 1.50. The third-order valence-electron chi connectivity index (χ3n) is 1.92. The van der Waals surface area contributed by atoms with Crippen LogP contribution >= 0.6 is 0 Å². The molecule has 0 aliphatic heterocycles. The van der Waals surface area contributed by atoms with E-state index in [-0.39, 0.29) is 5.57 Å². The van der Waals surface area contributed by atoms with Crippen molar-refractivity contribution in [3.63, 3.8) is 0 Å². The van der Waals surface area contributed by atoms with Gasteiger partial charge in [-0.25, -0.2) is 4.79 Å². The summed E-state index contributed by atoms with van der Waals surface area (Å²) in [5.41, 5.74) is 7.22. The number of nitrogens with zero attached hydrogens (tertiary/aromatic N) is 1. The fourth-order valence-electron chi connectivity index (χ4n) is 1.08. The summed E-state index contributed by atoms with van der Waals surface area (Å²) in [5.74, 6) is -0.974. The lowest BCUT2D eigenvalue weighted by molar-refractivity contribution is -0.132. The maximum Gasteiger partial charge on any atom is 0.331 e. The molecule has 1 rings (SSSR count). The third-order valence-corrected chi connectivity index (χ3v) is 1.92. The standard InChI is InChI=1S/C11H10N2O2/c1-7(11(14)15)4-8-2-3-9(6-12)10(13)5-8/h2-5H,13H2,1H3,(H,14,15)/b7-4+. The van der Waals surface area contributed by atoms with Gasteiger partial charge in [-0.05, 0) is 30.7 Å². The van der Waals surface area contributed by atoms with E-state index in [0.29, 0.717) is 16.8 Å². The summed E-state index contributed by atoms with van der Waals surface area (Å²) in [4.78, 5) is 10.6. The van der Waals surface area contributed by atoms with E-state index in [1.54, 1.807) is 18.2 Å². The average molecular weight is 202 g/mol. The van der Waals surface area contributed by atoms with Crippen molar-refractivity contribution < 1.29 is 9.90 Å². The molecule has 0 radical (unpaired) electrons. The Bertz CT molecular complexity index is 470. The fourth-order valence-corrected chi connectivity index (χ4v) is 1.08. The highest BCUT2D eigenvalue weighted by Gasteiger charge is 2.02. The molecule has 0 unspecified atom stereocenters. The summed E-state index contributed by atoms with van der Waals surface area (Å²) in [6.45, 7) is 1.50. The first-order chi connectivity index (χ1) is 7.04. The van der Waals surface area contributed by atoms with E-state index in [0.717, 1.165) is 0 Å². The van der Waals surface area contributed by atoms with Crippen LogP contribution in [0.3, 0.4) is 0 Å². The highest BCUT2D eigenvalue weighted by molar-refractivity contribution is 5.91. The topological polar surface area (TPSA) is 87.1 Å². The van der Waals surface area contributed by atoms with Crippen molar-refractivity contribution >= 4 is 17.7 Å². The molecule has 1 aromatic rings. The number of carboxylic acid groups (broad SMARTS) is 1. The molecule has 0 aliphatic carbocycles. The molecule has 0 amide bonds. The molecule has 0 aromatic heterocycles. The Hall–Kier alpha value is -2.28. The largest absolute Gasteiger partial charge is 0.478 e. The Morgan fingerprint density at radius 3 is 2.73 bits per heavy atom. The van der Waals surface area contributed by atoms with Crippen LogP contribution in [0.5, 0.6) is 0 Å². The van der Waals surface area contributed by atoms with Gasteiger partial charge in [0.1, 0.15) is 6.07 Å². The summed E-state index contributed by atoms with van der Waals surface area (Å²) in [7, 11) is 0. The molecule has 0 fully saturated rings. The molecular weight excluding hydrogens is 192 g/mol. The molecule has 76 valence electrons. The number of nitrogens with two attached hydrogens (primary N) is 1. The predicted octanol–water partition coefficient (Wildman–Crippen LogP) is 1.63. The van der Waals surface area contributed by atoms with E-state index in [2.05, 4.69) is 0 Å². The van der Waals surface area contributed by atoms with Crippen molar-refractivity contribution in [1.29, 1.82) is 5.26 Å². The Balaban J connectivity index is 3.10. The second-order valence-electron chi connectivity index (χ2n) is 3.09. The number of hydrogen-bond acceptors (Lipinski definition) is 3. The Kier molecular flexibility index (Phi) is 3.09. The predicted molar refractivity (Wildman–Crippen MR) is 56.9 cm³/mol. The number of nitriles is 1. The molecular formula is C11H10N2O2. The first-order valence-electron chi connectivity index (χ1n) is 4.26. The van der Waals surface area contributed by atoms with Crippen LogP contribution in [0.4, 0.5) is 5.69 Å². The zero-order valence-electron chi connectivity index (χ0n) is 8.19. The zero-order chi connectivity index (χ0) is 11.4. The lowest BCUT2D eigenvalue weighted by atomic mass is 10.1. The van der Waals surface area contributed by atoms with E-state index < -0.39 is 5.97 Å². The second kappa shape index (κ2) is 4.29. The highest BCUT2D eigenvalue weighted by Crippen LogP contribution is 2.15. The van der Waals surface area contributed by atoms with Crippen LogP contribution < -0.4 is 5.73 Å². The van der Waals surface area contributed by atoms with Crippen molar-refractivity contribution in [1.82, 2.24) is 0 Å². The maximum absolute atomic E-state index is 10.6. The van der Waals surface area contributed by atoms with E-state index in [1.807, 2.05) is 6.07 Å². The van der Waals surface area contributed by atoms with Crippen LogP contribution in [0.1, 0.15) is 18.1 Å². The number of hydrogen-bond donors (Lipinski definition) is 2. The number of rotatable bonds is 2. The van der Waals surface area contributed by atoms with Gasteiger partial charge < -0.3 is 10.8 Å². The normalized spacial score (nSPS) is 10.8. The van der Waals surface area contributed by atoms with Crippen molar-refractivity contribution in [2.75, 3.05) is 5.73 Å². The van der Waals surface area contributed by atoms with Crippen LogP contribution in [0.15, 0.2) is 23.8 Å². The quantitative estimate of drug-likeness (QED) is 0.563. The lowest BCUT2D eigenvalue weighted by Gasteiger charge is -1.99. The summed E-state index contributed by atoms with van der Waals surface area (Å²) >= 11 is 0. The van der Waals surface area contributed by atoms with E-state index in [9.17, 15) is 4.79 Å². The van der Waals surface area contributed by atoms with Gasteiger partial charge in [0.2, 0.25) is 0 Å². The van der Waals surface area contributed by atoms with Gasteiger partial charge in [-0.1, -0.05) is 6.07 Å². The smallest absolute Gasteiger partial charge is 0.331 e. The monoisotopic (exact) mass is 202 g/mol. The van der Waals surface area contributed by atoms with Crippen LogP contribution in [0.25, 0.3) is 6.08 Å². The number of aliphatic carboxylic acids is 1. The molecule has 0 saturated heterocycles. The van der Waals surface area contributed by atoms with E-state index >= 15 is 0 Å². The highest BCUT2D eigenvalue weighted by atomic mass is 16.4. The minimum absolute atomic E-state index is 0.221. The van der Waals surface area contributed by atoms with Crippen LogP contribution in [-0.4, -0.2) is 11.1 Å². The first-order valence-corrected chi connectivity index (χ1v) is 4.26. The molecule has 0 saturated carbocycles. The molecule has 4 heteroatoms. The molecule has 0 aliphatic rings.